The molecule has 2 atom stereocenters. The number of anilines is 1. The van der Waals surface area contributed by atoms with E-state index >= 15 is 0 Å². The summed E-state index contributed by atoms with van der Waals surface area (Å²) in [6.07, 6.45) is 0.0170. The van der Waals surface area contributed by atoms with E-state index in [2.05, 4.69) is 4.99 Å². The number of para-hydroxylation sites is 1. The Morgan fingerprint density at radius 3 is 2.61 bits per heavy atom. The summed E-state index contributed by atoms with van der Waals surface area (Å²) in [5.74, 6) is 0.0319. The summed E-state index contributed by atoms with van der Waals surface area (Å²) in [6.45, 7) is 0. The van der Waals surface area contributed by atoms with Crippen LogP contribution in [0.25, 0.3) is 0 Å². The average Bonchev–Trinajstić information content (AvgIpc) is 3.19. The second kappa shape index (κ2) is 8.51. The molecule has 164 valence electrons. The van der Waals surface area contributed by atoms with Gasteiger partial charge < -0.3 is 14.4 Å². The van der Waals surface area contributed by atoms with E-state index in [1.807, 2.05) is 0 Å². The number of ether oxygens (including phenoxy) is 2. The lowest BCUT2D eigenvalue weighted by molar-refractivity contribution is -0.117. The molecule has 2 fully saturated rings. The fourth-order valence-electron chi connectivity index (χ4n) is 3.80. The van der Waals surface area contributed by atoms with Gasteiger partial charge in [-0.2, -0.15) is 4.99 Å². The molecule has 1 amide bonds. The number of sulfone groups is 1. The Hall–Kier alpha value is -2.59. The zero-order valence-corrected chi connectivity index (χ0v) is 18.6. The van der Waals surface area contributed by atoms with Gasteiger partial charge >= 0.3 is 0 Å². The van der Waals surface area contributed by atoms with E-state index in [4.69, 9.17) is 9.47 Å². The highest BCUT2D eigenvalue weighted by atomic mass is 32.2. The van der Waals surface area contributed by atoms with Crippen LogP contribution in [-0.2, 0) is 21.1 Å². The number of hydrogen-bond acceptors (Lipinski definition) is 6. The lowest BCUT2D eigenvalue weighted by Gasteiger charge is -2.24. The van der Waals surface area contributed by atoms with Gasteiger partial charge in [-0.25, -0.2) is 12.8 Å². The van der Waals surface area contributed by atoms with Gasteiger partial charge in [0.15, 0.2) is 26.5 Å². The molecule has 2 aromatic carbocycles. The third kappa shape index (κ3) is 4.40. The van der Waals surface area contributed by atoms with Crippen LogP contribution in [0.4, 0.5) is 10.1 Å². The van der Waals surface area contributed by atoms with Crippen molar-refractivity contribution in [2.24, 2.45) is 4.99 Å². The molecule has 2 aliphatic rings. The molecular formula is C21H21FN2O5S2. The average molecular weight is 465 g/mol. The first-order chi connectivity index (χ1) is 14.8. The fourth-order valence-corrected chi connectivity index (χ4v) is 7.73. The van der Waals surface area contributed by atoms with Crippen molar-refractivity contribution in [1.29, 1.82) is 0 Å². The van der Waals surface area contributed by atoms with Gasteiger partial charge in [-0.05, 0) is 29.8 Å². The van der Waals surface area contributed by atoms with Crippen LogP contribution in [0.3, 0.4) is 0 Å². The first kappa shape index (κ1) is 21.6. The van der Waals surface area contributed by atoms with Crippen LogP contribution in [0.1, 0.15) is 5.56 Å². The SMILES string of the molecule is COc1ccc(CC(=O)N=C2SC3CS(=O)(=O)CC3N2c2ccccc2F)cc1OC. The largest absolute Gasteiger partial charge is 0.493 e. The number of halogens is 1. The first-order valence-corrected chi connectivity index (χ1v) is 12.2. The lowest BCUT2D eigenvalue weighted by Crippen LogP contribution is -2.38. The Kier molecular flexibility index (Phi) is 5.94. The highest BCUT2D eigenvalue weighted by Gasteiger charge is 2.49. The van der Waals surface area contributed by atoms with Crippen LogP contribution in [0.15, 0.2) is 47.5 Å². The number of aliphatic imine (C=N–C) groups is 1. The molecule has 0 aromatic heterocycles. The van der Waals surface area contributed by atoms with E-state index in [0.717, 1.165) is 0 Å². The minimum absolute atomic E-state index is 0.0170. The highest BCUT2D eigenvalue weighted by molar-refractivity contribution is 8.16. The van der Waals surface area contributed by atoms with Gasteiger partial charge in [0.25, 0.3) is 5.91 Å². The summed E-state index contributed by atoms with van der Waals surface area (Å²) in [7, 11) is -0.185. The van der Waals surface area contributed by atoms with Crippen molar-refractivity contribution in [3.63, 3.8) is 0 Å². The van der Waals surface area contributed by atoms with Crippen LogP contribution < -0.4 is 14.4 Å². The van der Waals surface area contributed by atoms with Crippen LogP contribution >= 0.6 is 11.8 Å². The molecule has 2 aromatic rings. The zero-order valence-electron chi connectivity index (χ0n) is 16.9. The highest BCUT2D eigenvalue weighted by Crippen LogP contribution is 2.41. The Bertz CT molecular complexity index is 1150. The minimum Gasteiger partial charge on any atom is -0.493 e. The summed E-state index contributed by atoms with van der Waals surface area (Å²) in [4.78, 5) is 18.5. The number of thioether (sulfide) groups is 1. The number of benzene rings is 2. The Balaban J connectivity index is 1.63. The number of rotatable bonds is 5. The van der Waals surface area contributed by atoms with Crippen LogP contribution in [0.5, 0.6) is 11.5 Å². The predicted molar refractivity (Wildman–Crippen MR) is 118 cm³/mol. The van der Waals surface area contributed by atoms with Crippen molar-refractivity contribution in [2.75, 3.05) is 30.6 Å². The van der Waals surface area contributed by atoms with Gasteiger partial charge in [0.2, 0.25) is 0 Å². The smallest absolute Gasteiger partial charge is 0.252 e. The van der Waals surface area contributed by atoms with E-state index in [1.165, 1.54) is 32.0 Å². The Labute approximate surface area is 184 Å². The minimum atomic E-state index is -3.22. The molecule has 0 saturated carbocycles. The third-order valence-electron chi connectivity index (χ3n) is 5.20. The van der Waals surface area contributed by atoms with E-state index in [9.17, 15) is 17.6 Å². The number of carbonyl (C=O) groups excluding carboxylic acids is 1. The molecule has 31 heavy (non-hydrogen) atoms. The summed E-state index contributed by atoms with van der Waals surface area (Å²) in [6, 6.07) is 10.8. The quantitative estimate of drug-likeness (QED) is 0.673. The van der Waals surface area contributed by atoms with Crippen molar-refractivity contribution in [3.05, 3.63) is 53.8 Å². The van der Waals surface area contributed by atoms with Crippen molar-refractivity contribution in [2.45, 2.75) is 17.7 Å². The van der Waals surface area contributed by atoms with E-state index in [0.29, 0.717) is 22.2 Å². The maximum Gasteiger partial charge on any atom is 0.252 e. The molecule has 2 saturated heterocycles. The number of hydrogen-bond donors (Lipinski definition) is 0. The molecule has 0 radical (unpaired) electrons. The number of methoxy groups -OCH3 is 2. The van der Waals surface area contributed by atoms with Gasteiger partial charge in [-0.15, -0.1) is 0 Å². The van der Waals surface area contributed by atoms with Crippen molar-refractivity contribution in [3.8, 4) is 11.5 Å². The fraction of sp³-hybridized carbons (Fsp3) is 0.333. The topological polar surface area (TPSA) is 85.3 Å². The second-order valence-electron chi connectivity index (χ2n) is 7.28. The molecule has 2 aliphatic heterocycles. The molecule has 7 nitrogen and oxygen atoms in total. The lowest BCUT2D eigenvalue weighted by atomic mass is 10.1. The molecule has 0 spiro atoms. The number of amidine groups is 1. The first-order valence-electron chi connectivity index (χ1n) is 9.54. The third-order valence-corrected chi connectivity index (χ3v) is 8.41. The van der Waals surface area contributed by atoms with E-state index in [1.54, 1.807) is 41.3 Å². The molecule has 0 aliphatic carbocycles. The summed E-state index contributed by atoms with van der Waals surface area (Å²) >= 11 is 1.21. The van der Waals surface area contributed by atoms with Gasteiger partial charge in [0.05, 0.1) is 43.9 Å². The van der Waals surface area contributed by atoms with Crippen molar-refractivity contribution >= 4 is 38.4 Å². The zero-order chi connectivity index (χ0) is 22.2. The van der Waals surface area contributed by atoms with Gasteiger partial charge in [-0.3, -0.25) is 4.79 Å². The number of carbonyl (C=O) groups is 1. The number of amides is 1. The monoisotopic (exact) mass is 464 g/mol. The standard InChI is InChI=1S/C21H21FN2O5S2/c1-28-17-8-7-13(9-18(17)29-2)10-20(25)23-21-24(15-6-4-3-5-14(15)22)16-11-31(26,27)12-19(16)30-21/h3-9,16,19H,10-12H2,1-2H3. The summed E-state index contributed by atoms with van der Waals surface area (Å²) < 4.78 is 49.3. The van der Waals surface area contributed by atoms with Gasteiger partial charge in [0, 0.05) is 5.25 Å². The van der Waals surface area contributed by atoms with Crippen molar-refractivity contribution < 1.29 is 27.1 Å². The van der Waals surface area contributed by atoms with Crippen LogP contribution in [0.2, 0.25) is 0 Å². The molecule has 0 N–H and O–H groups in total. The number of fused-ring (bicyclic) bond motifs is 1. The summed E-state index contributed by atoms with van der Waals surface area (Å²) in [5.41, 5.74) is 0.910. The van der Waals surface area contributed by atoms with E-state index < -0.39 is 27.6 Å². The second-order valence-corrected chi connectivity index (χ2v) is 10.6. The van der Waals surface area contributed by atoms with Crippen LogP contribution in [-0.4, -0.2) is 56.5 Å². The molecule has 0 bridgehead atoms. The van der Waals surface area contributed by atoms with Crippen molar-refractivity contribution in [1.82, 2.24) is 0 Å². The maximum absolute atomic E-state index is 14.5. The normalized spacial score (nSPS) is 23.1. The maximum atomic E-state index is 14.5. The molecule has 4 rings (SSSR count). The molecule has 2 unspecified atom stereocenters. The van der Waals surface area contributed by atoms with Crippen LogP contribution in [0, 0.1) is 5.82 Å². The molecular weight excluding hydrogens is 443 g/mol. The Morgan fingerprint density at radius 2 is 1.90 bits per heavy atom. The predicted octanol–water partition coefficient (Wildman–Crippen LogP) is 2.69. The van der Waals surface area contributed by atoms with Gasteiger partial charge in [0.1, 0.15) is 5.82 Å². The molecule has 10 heteroatoms. The Morgan fingerprint density at radius 1 is 1.16 bits per heavy atom. The van der Waals surface area contributed by atoms with Gasteiger partial charge in [-0.1, -0.05) is 30.0 Å². The number of nitrogens with zero attached hydrogens (tertiary/aromatic N) is 2. The summed E-state index contributed by atoms with van der Waals surface area (Å²) in [5, 5.41) is 0.0257. The molecule has 2 heterocycles. The van der Waals surface area contributed by atoms with E-state index in [-0.39, 0.29) is 28.9 Å².